The van der Waals surface area contributed by atoms with Gasteiger partial charge in [-0.3, -0.25) is 4.79 Å². The van der Waals surface area contributed by atoms with Crippen molar-refractivity contribution in [3.05, 3.63) is 29.6 Å². The van der Waals surface area contributed by atoms with Crippen LogP contribution in [0, 0.1) is 5.82 Å². The highest BCUT2D eigenvalue weighted by Gasteiger charge is 2.14. The molecule has 1 rings (SSSR count). The number of rotatable bonds is 5. The van der Waals surface area contributed by atoms with Crippen LogP contribution in [0.25, 0.3) is 0 Å². The first-order valence-corrected chi connectivity index (χ1v) is 5.62. The van der Waals surface area contributed by atoms with Gasteiger partial charge in [0.2, 0.25) is 0 Å². The summed E-state index contributed by atoms with van der Waals surface area (Å²) < 4.78 is 13.5. The van der Waals surface area contributed by atoms with Crippen LogP contribution in [0.5, 0.6) is 0 Å². The Balaban J connectivity index is 2.92. The number of alkyl halides is 1. The number of aliphatic hydroxyl groups is 1. The van der Waals surface area contributed by atoms with Gasteiger partial charge in [-0.2, -0.15) is 0 Å². The average molecular weight is 261 g/mol. The van der Waals surface area contributed by atoms with Crippen LogP contribution < -0.4 is 10.6 Å². The molecule has 0 aromatic heterocycles. The lowest BCUT2D eigenvalue weighted by Crippen LogP contribution is -2.24. The number of aliphatic hydroxyl groups excluding tert-OH is 1. The van der Waals surface area contributed by atoms with Crippen LogP contribution in [-0.4, -0.2) is 36.6 Å². The number of anilines is 1. The van der Waals surface area contributed by atoms with Gasteiger partial charge in [-0.05, 0) is 12.1 Å². The van der Waals surface area contributed by atoms with Gasteiger partial charge in [0, 0.05) is 13.6 Å². The van der Waals surface area contributed by atoms with Crippen molar-refractivity contribution in [3.8, 4) is 0 Å². The number of hydrogen-bond acceptors (Lipinski definition) is 3. The molecule has 6 heteroatoms. The Bertz CT molecular complexity index is 401. The van der Waals surface area contributed by atoms with Crippen LogP contribution >= 0.6 is 11.6 Å². The lowest BCUT2D eigenvalue weighted by molar-refractivity contribution is 0.0963. The highest BCUT2D eigenvalue weighted by molar-refractivity contribution is 6.18. The molecular weight excluding hydrogens is 247 g/mol. The third-order valence-electron chi connectivity index (χ3n) is 2.18. The number of hydrogen-bond donors (Lipinski definition) is 3. The van der Waals surface area contributed by atoms with Crippen molar-refractivity contribution in [1.82, 2.24) is 5.32 Å². The number of halogens is 2. The molecule has 4 nitrogen and oxygen atoms in total. The Morgan fingerprint density at radius 2 is 2.29 bits per heavy atom. The minimum absolute atomic E-state index is 0.0385. The summed E-state index contributed by atoms with van der Waals surface area (Å²) in [7, 11) is 1.46. The molecule has 0 aliphatic carbocycles. The normalized spacial score (nSPS) is 12.0. The quantitative estimate of drug-likeness (QED) is 0.697. The van der Waals surface area contributed by atoms with Crippen LogP contribution in [0.4, 0.5) is 10.1 Å². The first-order valence-electron chi connectivity index (χ1n) is 5.08. The first-order chi connectivity index (χ1) is 8.10. The predicted octanol–water partition coefficient (Wildman–Crippen LogP) is 1.20. The number of nitrogens with one attached hydrogen (secondary N) is 2. The van der Waals surface area contributed by atoms with Gasteiger partial charge in [-0.15, -0.1) is 11.6 Å². The van der Waals surface area contributed by atoms with Gasteiger partial charge in [-0.1, -0.05) is 6.07 Å². The third-order valence-corrected chi connectivity index (χ3v) is 2.53. The summed E-state index contributed by atoms with van der Waals surface area (Å²) in [4.78, 5) is 11.5. The molecule has 0 radical (unpaired) electrons. The molecule has 1 atom stereocenters. The minimum Gasteiger partial charge on any atom is -0.390 e. The fraction of sp³-hybridized carbons (Fsp3) is 0.364. The van der Waals surface area contributed by atoms with Crippen LogP contribution in [0.15, 0.2) is 18.2 Å². The second kappa shape index (κ2) is 6.42. The molecule has 0 heterocycles. The van der Waals surface area contributed by atoms with Crippen LogP contribution in [-0.2, 0) is 0 Å². The lowest BCUT2D eigenvalue weighted by atomic mass is 10.1. The number of carbonyl (C=O) groups excluding carboxylic acids is 1. The summed E-state index contributed by atoms with van der Waals surface area (Å²) in [5.41, 5.74) is 0.255. The second-order valence-corrected chi connectivity index (χ2v) is 3.74. The molecule has 0 aliphatic rings. The van der Waals surface area contributed by atoms with E-state index in [4.69, 9.17) is 11.6 Å². The lowest BCUT2D eigenvalue weighted by Gasteiger charge is -2.14. The highest BCUT2D eigenvalue weighted by Crippen LogP contribution is 2.19. The van der Waals surface area contributed by atoms with Crippen molar-refractivity contribution >= 4 is 23.2 Å². The van der Waals surface area contributed by atoms with Gasteiger partial charge in [0.1, 0.15) is 5.82 Å². The van der Waals surface area contributed by atoms with E-state index in [-0.39, 0.29) is 23.7 Å². The van der Waals surface area contributed by atoms with Gasteiger partial charge in [0.15, 0.2) is 0 Å². The van der Waals surface area contributed by atoms with Crippen molar-refractivity contribution in [2.75, 3.05) is 24.8 Å². The maximum absolute atomic E-state index is 13.5. The van der Waals surface area contributed by atoms with E-state index in [0.717, 1.165) is 0 Å². The summed E-state index contributed by atoms with van der Waals surface area (Å²) in [5, 5.41) is 14.4. The molecule has 3 N–H and O–H groups in total. The zero-order valence-corrected chi connectivity index (χ0v) is 10.1. The number of para-hydroxylation sites is 1. The van der Waals surface area contributed by atoms with Crippen LogP contribution in [0.2, 0.25) is 0 Å². The third kappa shape index (κ3) is 3.57. The Hall–Kier alpha value is -1.33. The SMILES string of the molecule is CNC(=O)c1cccc(F)c1NCC(O)CCl. The summed E-state index contributed by atoms with van der Waals surface area (Å²) in [6.07, 6.45) is -0.797. The number of carbonyl (C=O) groups is 1. The fourth-order valence-corrected chi connectivity index (χ4v) is 1.41. The number of amides is 1. The predicted molar refractivity (Wildman–Crippen MR) is 65.0 cm³/mol. The zero-order valence-electron chi connectivity index (χ0n) is 9.34. The Labute approximate surface area is 104 Å². The standard InChI is InChI=1S/C11H14ClFN2O2/c1-14-11(17)8-3-2-4-9(13)10(8)15-6-7(16)5-12/h2-4,7,15-16H,5-6H2,1H3,(H,14,17). The largest absolute Gasteiger partial charge is 0.390 e. The van der Waals surface area contributed by atoms with E-state index in [1.807, 2.05) is 0 Å². The molecule has 0 saturated carbocycles. The summed E-state index contributed by atoms with van der Waals surface area (Å²) in [6.45, 7) is 0.0778. The molecule has 0 bridgehead atoms. The highest BCUT2D eigenvalue weighted by atomic mass is 35.5. The van der Waals surface area contributed by atoms with E-state index in [0.29, 0.717) is 0 Å². The summed E-state index contributed by atoms with van der Waals surface area (Å²) in [5.74, 6) is -0.906. The zero-order chi connectivity index (χ0) is 12.8. The van der Waals surface area contributed by atoms with Gasteiger partial charge >= 0.3 is 0 Å². The topological polar surface area (TPSA) is 61.4 Å². The minimum atomic E-state index is -0.797. The van der Waals surface area contributed by atoms with Crippen molar-refractivity contribution in [3.63, 3.8) is 0 Å². The van der Waals surface area contributed by atoms with E-state index in [1.165, 1.54) is 25.2 Å². The van der Waals surface area contributed by atoms with Crippen molar-refractivity contribution < 1.29 is 14.3 Å². The molecule has 0 fully saturated rings. The summed E-state index contributed by atoms with van der Waals surface area (Å²) in [6, 6.07) is 4.18. The van der Waals surface area contributed by atoms with E-state index >= 15 is 0 Å². The van der Waals surface area contributed by atoms with E-state index < -0.39 is 17.8 Å². The molecule has 17 heavy (non-hydrogen) atoms. The Morgan fingerprint density at radius 1 is 1.59 bits per heavy atom. The Morgan fingerprint density at radius 3 is 2.88 bits per heavy atom. The maximum atomic E-state index is 13.5. The van der Waals surface area contributed by atoms with Crippen molar-refractivity contribution in [2.45, 2.75) is 6.10 Å². The van der Waals surface area contributed by atoms with Gasteiger partial charge < -0.3 is 15.7 Å². The monoisotopic (exact) mass is 260 g/mol. The van der Waals surface area contributed by atoms with Gasteiger partial charge in [0.25, 0.3) is 5.91 Å². The maximum Gasteiger partial charge on any atom is 0.253 e. The molecule has 1 aromatic carbocycles. The molecule has 0 saturated heterocycles. The molecular formula is C11H14ClFN2O2. The average Bonchev–Trinajstić information content (AvgIpc) is 2.35. The van der Waals surface area contributed by atoms with Crippen molar-refractivity contribution in [1.29, 1.82) is 0 Å². The van der Waals surface area contributed by atoms with Crippen LogP contribution in [0.1, 0.15) is 10.4 Å². The van der Waals surface area contributed by atoms with E-state index in [1.54, 1.807) is 0 Å². The van der Waals surface area contributed by atoms with Crippen molar-refractivity contribution in [2.24, 2.45) is 0 Å². The van der Waals surface area contributed by atoms with E-state index in [9.17, 15) is 14.3 Å². The summed E-state index contributed by atoms with van der Waals surface area (Å²) >= 11 is 5.42. The molecule has 94 valence electrons. The number of benzene rings is 1. The second-order valence-electron chi connectivity index (χ2n) is 3.43. The van der Waals surface area contributed by atoms with E-state index in [2.05, 4.69) is 10.6 Å². The molecule has 0 spiro atoms. The molecule has 1 unspecified atom stereocenters. The first kappa shape index (κ1) is 13.7. The molecule has 1 amide bonds. The fourth-order valence-electron chi connectivity index (χ4n) is 1.30. The molecule has 1 aromatic rings. The molecule has 0 aliphatic heterocycles. The van der Waals surface area contributed by atoms with Crippen LogP contribution in [0.3, 0.4) is 0 Å². The Kier molecular flexibility index (Phi) is 5.18. The van der Waals surface area contributed by atoms with Gasteiger partial charge in [0.05, 0.1) is 23.2 Å². The smallest absolute Gasteiger partial charge is 0.253 e. The van der Waals surface area contributed by atoms with Gasteiger partial charge in [-0.25, -0.2) is 4.39 Å².